The van der Waals surface area contributed by atoms with Gasteiger partial charge in [0, 0.05) is 12.5 Å². The zero-order valence-corrected chi connectivity index (χ0v) is 17.1. The van der Waals surface area contributed by atoms with Crippen LogP contribution in [0.3, 0.4) is 0 Å². The largest absolute Gasteiger partial charge is 0.459 e. The van der Waals surface area contributed by atoms with E-state index in [1.807, 2.05) is 30.3 Å². The first kappa shape index (κ1) is 19.9. The van der Waals surface area contributed by atoms with Gasteiger partial charge in [-0.15, -0.1) is 0 Å². The molecule has 2 fully saturated rings. The Labute approximate surface area is 162 Å². The first-order valence-electron chi connectivity index (χ1n) is 9.79. The van der Waals surface area contributed by atoms with Crippen molar-refractivity contribution in [2.75, 3.05) is 6.54 Å². The number of rotatable bonds is 5. The minimum Gasteiger partial charge on any atom is -0.459 e. The number of hydrogen-bond donors (Lipinski definition) is 1. The van der Waals surface area contributed by atoms with Crippen LogP contribution in [0, 0.1) is 22.7 Å². The van der Waals surface area contributed by atoms with E-state index < -0.39 is 12.1 Å². The van der Waals surface area contributed by atoms with Crippen LogP contribution in [0.1, 0.15) is 46.6 Å². The molecule has 1 heterocycles. The van der Waals surface area contributed by atoms with E-state index in [-0.39, 0.29) is 35.2 Å². The number of amides is 1. The summed E-state index contributed by atoms with van der Waals surface area (Å²) in [6.45, 7) is 11.3. The fourth-order valence-electron chi connectivity index (χ4n) is 4.56. The van der Waals surface area contributed by atoms with Crippen LogP contribution < -0.4 is 5.73 Å². The molecule has 1 saturated carbocycles. The number of carbonyl (C=O) groups excluding carboxylic acids is 2. The van der Waals surface area contributed by atoms with Crippen molar-refractivity contribution < 1.29 is 14.3 Å². The Morgan fingerprint density at radius 3 is 2.48 bits per heavy atom. The van der Waals surface area contributed by atoms with Crippen molar-refractivity contribution in [3.8, 4) is 0 Å². The second kappa shape index (κ2) is 6.93. The molecule has 0 aromatic heterocycles. The van der Waals surface area contributed by atoms with E-state index in [1.165, 1.54) is 0 Å². The smallest absolute Gasteiger partial charge is 0.329 e. The van der Waals surface area contributed by atoms with Gasteiger partial charge in [0.25, 0.3) is 0 Å². The molecule has 3 rings (SSSR count). The molecule has 2 aliphatic rings. The predicted octanol–water partition coefficient (Wildman–Crippen LogP) is 2.98. The number of carbonyl (C=O) groups is 2. The fourth-order valence-corrected chi connectivity index (χ4v) is 4.56. The molecule has 1 aliphatic heterocycles. The Kier molecular flexibility index (Phi) is 5.10. The Morgan fingerprint density at radius 1 is 1.26 bits per heavy atom. The zero-order chi connectivity index (χ0) is 20.0. The van der Waals surface area contributed by atoms with E-state index in [2.05, 4.69) is 34.6 Å². The van der Waals surface area contributed by atoms with Gasteiger partial charge in [-0.1, -0.05) is 65.0 Å². The number of ether oxygens (including phenoxy) is 1. The van der Waals surface area contributed by atoms with Gasteiger partial charge in [0.1, 0.15) is 12.6 Å². The highest BCUT2D eigenvalue weighted by Gasteiger charge is 2.70. The van der Waals surface area contributed by atoms with Crippen LogP contribution in [0.5, 0.6) is 0 Å². The average Bonchev–Trinajstić information content (AvgIpc) is 2.95. The van der Waals surface area contributed by atoms with E-state index in [0.29, 0.717) is 18.9 Å². The van der Waals surface area contributed by atoms with Crippen LogP contribution in [-0.4, -0.2) is 35.4 Å². The molecule has 1 saturated heterocycles. The minimum absolute atomic E-state index is 0.0414. The lowest BCUT2D eigenvalue weighted by Crippen LogP contribution is -2.52. The monoisotopic (exact) mass is 372 g/mol. The molecular weight excluding hydrogens is 340 g/mol. The van der Waals surface area contributed by atoms with E-state index in [4.69, 9.17) is 10.5 Å². The van der Waals surface area contributed by atoms with Gasteiger partial charge >= 0.3 is 5.97 Å². The molecule has 148 valence electrons. The maximum absolute atomic E-state index is 13.0. The molecular formula is C22H32N2O3. The first-order valence-corrected chi connectivity index (χ1v) is 9.79. The lowest BCUT2D eigenvalue weighted by atomic mass is 9.87. The van der Waals surface area contributed by atoms with Crippen LogP contribution in [0.2, 0.25) is 0 Å². The second-order valence-corrected chi connectivity index (χ2v) is 9.85. The number of nitrogens with zero attached hydrogens (tertiary/aromatic N) is 1. The third kappa shape index (κ3) is 4.03. The number of hydrogen-bond acceptors (Lipinski definition) is 4. The summed E-state index contributed by atoms with van der Waals surface area (Å²) in [5.74, 6) is 0.0620. The van der Waals surface area contributed by atoms with Crippen molar-refractivity contribution in [2.24, 2.45) is 28.4 Å². The number of piperidine rings is 1. The van der Waals surface area contributed by atoms with Crippen molar-refractivity contribution in [3.63, 3.8) is 0 Å². The molecule has 4 atom stereocenters. The molecule has 0 unspecified atom stereocenters. The lowest BCUT2D eigenvalue weighted by molar-refractivity contribution is -0.157. The van der Waals surface area contributed by atoms with Gasteiger partial charge in [-0.2, -0.15) is 0 Å². The molecule has 0 spiro atoms. The minimum atomic E-state index is -0.588. The Hall–Kier alpha value is -1.88. The van der Waals surface area contributed by atoms with Crippen LogP contribution in [0.25, 0.3) is 0 Å². The standard InChI is InChI=1S/C22H32N2O3/c1-21(2,3)11-16(23)19(25)24-12-15-17(22(15,4)5)18(24)20(26)27-13-14-9-7-6-8-10-14/h6-10,15-18H,11-13,23H2,1-5H3/t15-,16-,17-,18-/m0/s1. The Morgan fingerprint density at radius 2 is 1.89 bits per heavy atom. The van der Waals surface area contributed by atoms with Gasteiger partial charge in [0.05, 0.1) is 6.04 Å². The first-order chi connectivity index (χ1) is 12.5. The fraction of sp³-hybridized carbons (Fsp3) is 0.636. The van der Waals surface area contributed by atoms with Crippen molar-refractivity contribution >= 4 is 11.9 Å². The summed E-state index contributed by atoms with van der Waals surface area (Å²) in [7, 11) is 0. The molecule has 5 heteroatoms. The molecule has 1 aliphatic carbocycles. The quantitative estimate of drug-likeness (QED) is 0.807. The lowest BCUT2D eigenvalue weighted by Gasteiger charge is -2.33. The van der Waals surface area contributed by atoms with Crippen molar-refractivity contribution in [3.05, 3.63) is 35.9 Å². The molecule has 1 amide bonds. The summed E-state index contributed by atoms with van der Waals surface area (Å²) in [4.78, 5) is 27.6. The molecule has 2 N–H and O–H groups in total. The Bertz CT molecular complexity index is 708. The van der Waals surface area contributed by atoms with Crippen molar-refractivity contribution in [1.82, 2.24) is 4.90 Å². The summed E-state index contributed by atoms with van der Waals surface area (Å²) < 4.78 is 5.59. The topological polar surface area (TPSA) is 72.6 Å². The van der Waals surface area contributed by atoms with E-state index in [1.54, 1.807) is 4.90 Å². The highest BCUT2D eigenvalue weighted by Crippen LogP contribution is 2.65. The normalized spacial score (nSPS) is 27.0. The van der Waals surface area contributed by atoms with Gasteiger partial charge in [0.2, 0.25) is 5.91 Å². The van der Waals surface area contributed by atoms with Crippen LogP contribution in [0.15, 0.2) is 30.3 Å². The van der Waals surface area contributed by atoms with Gasteiger partial charge in [-0.05, 0) is 28.7 Å². The molecule has 1 aromatic rings. The number of benzene rings is 1. The van der Waals surface area contributed by atoms with Gasteiger partial charge < -0.3 is 15.4 Å². The molecule has 0 bridgehead atoms. The van der Waals surface area contributed by atoms with Gasteiger partial charge in [0.15, 0.2) is 0 Å². The van der Waals surface area contributed by atoms with Crippen LogP contribution in [0.4, 0.5) is 0 Å². The van der Waals surface area contributed by atoms with E-state index >= 15 is 0 Å². The van der Waals surface area contributed by atoms with Crippen molar-refractivity contribution in [1.29, 1.82) is 0 Å². The second-order valence-electron chi connectivity index (χ2n) is 9.85. The zero-order valence-electron chi connectivity index (χ0n) is 17.1. The molecule has 0 radical (unpaired) electrons. The molecule has 27 heavy (non-hydrogen) atoms. The maximum atomic E-state index is 13.0. The van der Waals surface area contributed by atoms with Crippen LogP contribution in [-0.2, 0) is 20.9 Å². The number of nitrogens with two attached hydrogens (primary N) is 1. The highest BCUT2D eigenvalue weighted by molar-refractivity contribution is 5.89. The van der Waals surface area contributed by atoms with E-state index in [0.717, 1.165) is 5.56 Å². The summed E-state index contributed by atoms with van der Waals surface area (Å²) in [5, 5.41) is 0. The summed E-state index contributed by atoms with van der Waals surface area (Å²) in [6, 6.07) is 8.50. The number of likely N-dealkylation sites (tertiary alicyclic amines) is 1. The summed E-state index contributed by atoms with van der Waals surface area (Å²) >= 11 is 0. The van der Waals surface area contributed by atoms with Gasteiger partial charge in [-0.3, -0.25) is 4.79 Å². The predicted molar refractivity (Wildman–Crippen MR) is 105 cm³/mol. The SMILES string of the molecule is CC(C)(C)C[C@H](N)C(=O)N1C[C@H]2[C@@H]([C@H]1C(=O)OCc1ccccc1)C2(C)C. The third-order valence-electron chi connectivity index (χ3n) is 6.11. The van der Waals surface area contributed by atoms with E-state index in [9.17, 15) is 9.59 Å². The van der Waals surface area contributed by atoms with Crippen LogP contribution >= 0.6 is 0 Å². The Balaban J connectivity index is 1.71. The average molecular weight is 373 g/mol. The summed E-state index contributed by atoms with van der Waals surface area (Å²) in [6.07, 6.45) is 0.590. The molecule has 5 nitrogen and oxygen atoms in total. The van der Waals surface area contributed by atoms with Gasteiger partial charge in [-0.25, -0.2) is 4.79 Å². The number of fused-ring (bicyclic) bond motifs is 1. The number of esters is 1. The third-order valence-corrected chi connectivity index (χ3v) is 6.11. The van der Waals surface area contributed by atoms with Crippen molar-refractivity contribution in [2.45, 2.75) is 59.7 Å². The highest BCUT2D eigenvalue weighted by atomic mass is 16.5. The molecule has 1 aromatic carbocycles. The maximum Gasteiger partial charge on any atom is 0.329 e. The summed E-state index contributed by atoms with van der Waals surface area (Å²) in [5.41, 5.74) is 7.17.